The van der Waals surface area contributed by atoms with E-state index in [0.717, 1.165) is 24.8 Å². The highest BCUT2D eigenvalue weighted by molar-refractivity contribution is 5.61. The number of hydrogen-bond acceptors (Lipinski definition) is 3. The van der Waals surface area contributed by atoms with Crippen LogP contribution in [0.1, 0.15) is 52.1 Å². The van der Waals surface area contributed by atoms with Gasteiger partial charge in [-0.15, -0.1) is 0 Å². The van der Waals surface area contributed by atoms with Gasteiger partial charge in [-0.3, -0.25) is 0 Å². The van der Waals surface area contributed by atoms with Crippen LogP contribution in [0.4, 0.5) is 5.69 Å². The van der Waals surface area contributed by atoms with E-state index in [4.69, 9.17) is 4.74 Å². The van der Waals surface area contributed by atoms with Gasteiger partial charge in [0.1, 0.15) is 5.75 Å². The molecule has 0 aromatic heterocycles. The number of hydrogen-bond donors (Lipinski definition) is 1. The molecule has 1 N–H and O–H groups in total. The van der Waals surface area contributed by atoms with E-state index in [9.17, 15) is 0 Å². The zero-order valence-corrected chi connectivity index (χ0v) is 14.1. The average Bonchev–Trinajstić information content (AvgIpc) is 2.49. The molecule has 3 nitrogen and oxygen atoms in total. The predicted octanol–water partition coefficient (Wildman–Crippen LogP) is 3.99. The number of benzene rings is 1. The molecule has 2 rings (SSSR count). The fourth-order valence-electron chi connectivity index (χ4n) is 3.43. The van der Waals surface area contributed by atoms with Gasteiger partial charge in [0.15, 0.2) is 0 Å². The highest BCUT2D eigenvalue weighted by Gasteiger charge is 2.27. The first-order valence-corrected chi connectivity index (χ1v) is 8.25. The minimum atomic E-state index is 0.297. The Labute approximate surface area is 129 Å². The minimum Gasteiger partial charge on any atom is -0.496 e. The van der Waals surface area contributed by atoms with Crippen LogP contribution in [0.15, 0.2) is 18.2 Å². The Morgan fingerprint density at radius 1 is 1.33 bits per heavy atom. The van der Waals surface area contributed by atoms with E-state index in [1.807, 2.05) is 0 Å². The molecule has 3 unspecified atom stereocenters. The summed E-state index contributed by atoms with van der Waals surface area (Å²) in [6.07, 6.45) is 2.60. The van der Waals surface area contributed by atoms with Crippen molar-refractivity contribution in [2.24, 2.45) is 5.92 Å². The monoisotopic (exact) mass is 290 g/mol. The van der Waals surface area contributed by atoms with Crippen LogP contribution in [0.25, 0.3) is 0 Å². The Balaban J connectivity index is 2.41. The molecular formula is C18H30N2O. The molecule has 0 amide bonds. The lowest BCUT2D eigenvalue weighted by atomic mass is 9.92. The molecule has 1 aromatic rings. The van der Waals surface area contributed by atoms with E-state index < -0.39 is 0 Å². The summed E-state index contributed by atoms with van der Waals surface area (Å²) in [5.74, 6) is 1.75. The van der Waals surface area contributed by atoms with Crippen molar-refractivity contribution >= 4 is 5.69 Å². The van der Waals surface area contributed by atoms with E-state index in [1.54, 1.807) is 7.11 Å². The van der Waals surface area contributed by atoms with Gasteiger partial charge in [0, 0.05) is 29.9 Å². The lowest BCUT2D eigenvalue weighted by molar-refractivity contribution is 0.383. The molecule has 1 fully saturated rings. The van der Waals surface area contributed by atoms with Crippen LogP contribution in [0.3, 0.4) is 0 Å². The van der Waals surface area contributed by atoms with Crippen LogP contribution in [0.5, 0.6) is 5.75 Å². The normalized spacial score (nSPS) is 24.0. The molecule has 3 atom stereocenters. The van der Waals surface area contributed by atoms with E-state index in [-0.39, 0.29) is 0 Å². The molecule has 0 spiro atoms. The van der Waals surface area contributed by atoms with Crippen LogP contribution in [-0.4, -0.2) is 26.2 Å². The molecule has 0 bridgehead atoms. The SMILES string of the molecule is CCNC(C)c1c(OC)cccc1N1CC(C)CCC1C. The predicted molar refractivity (Wildman–Crippen MR) is 90.3 cm³/mol. The van der Waals surface area contributed by atoms with E-state index in [0.29, 0.717) is 12.1 Å². The molecule has 1 aliphatic heterocycles. The van der Waals surface area contributed by atoms with Crippen molar-refractivity contribution in [2.45, 2.75) is 52.6 Å². The first kappa shape index (κ1) is 16.2. The molecular weight excluding hydrogens is 260 g/mol. The fraction of sp³-hybridized carbons (Fsp3) is 0.667. The summed E-state index contributed by atoms with van der Waals surface area (Å²) in [4.78, 5) is 2.57. The summed E-state index contributed by atoms with van der Waals surface area (Å²) in [6.45, 7) is 11.2. The number of rotatable bonds is 5. The van der Waals surface area contributed by atoms with Crippen LogP contribution in [0.2, 0.25) is 0 Å². The molecule has 3 heteroatoms. The second kappa shape index (κ2) is 7.17. The van der Waals surface area contributed by atoms with Gasteiger partial charge in [0.2, 0.25) is 0 Å². The number of ether oxygens (including phenoxy) is 1. The topological polar surface area (TPSA) is 24.5 Å². The number of methoxy groups -OCH3 is 1. The highest BCUT2D eigenvalue weighted by Crippen LogP contribution is 2.38. The molecule has 0 radical (unpaired) electrons. The first-order valence-electron chi connectivity index (χ1n) is 8.25. The second-order valence-electron chi connectivity index (χ2n) is 6.36. The Kier molecular flexibility index (Phi) is 5.51. The summed E-state index contributed by atoms with van der Waals surface area (Å²) in [7, 11) is 1.77. The molecule has 1 heterocycles. The van der Waals surface area contributed by atoms with E-state index >= 15 is 0 Å². The Morgan fingerprint density at radius 2 is 2.10 bits per heavy atom. The Morgan fingerprint density at radius 3 is 2.76 bits per heavy atom. The zero-order valence-electron chi connectivity index (χ0n) is 14.1. The van der Waals surface area contributed by atoms with Crippen LogP contribution in [0, 0.1) is 5.92 Å². The summed E-state index contributed by atoms with van der Waals surface area (Å²) < 4.78 is 5.64. The van der Waals surface area contributed by atoms with Gasteiger partial charge in [0.05, 0.1) is 7.11 Å². The minimum absolute atomic E-state index is 0.297. The van der Waals surface area contributed by atoms with Gasteiger partial charge >= 0.3 is 0 Å². The molecule has 0 saturated carbocycles. The number of nitrogens with zero attached hydrogens (tertiary/aromatic N) is 1. The average molecular weight is 290 g/mol. The molecule has 21 heavy (non-hydrogen) atoms. The standard InChI is InChI=1S/C18H30N2O/c1-6-19-15(4)18-16(8-7-9-17(18)21-5)20-12-13(2)10-11-14(20)3/h7-9,13-15,19H,6,10-12H2,1-5H3. The van der Waals surface area contributed by atoms with Gasteiger partial charge in [-0.25, -0.2) is 0 Å². The Bertz CT molecular complexity index is 461. The van der Waals surface area contributed by atoms with Crippen molar-refractivity contribution in [3.8, 4) is 5.75 Å². The number of anilines is 1. The van der Waals surface area contributed by atoms with Crippen LogP contribution >= 0.6 is 0 Å². The lowest BCUT2D eigenvalue weighted by Gasteiger charge is -2.40. The highest BCUT2D eigenvalue weighted by atomic mass is 16.5. The van der Waals surface area contributed by atoms with Gasteiger partial charge in [0.25, 0.3) is 0 Å². The van der Waals surface area contributed by atoms with Gasteiger partial charge in [-0.1, -0.05) is 19.9 Å². The van der Waals surface area contributed by atoms with Crippen molar-refractivity contribution in [3.63, 3.8) is 0 Å². The fourth-order valence-corrected chi connectivity index (χ4v) is 3.43. The summed E-state index contributed by atoms with van der Waals surface area (Å²) >= 11 is 0. The molecule has 1 aliphatic rings. The van der Waals surface area contributed by atoms with Gasteiger partial charge < -0.3 is 15.0 Å². The third kappa shape index (κ3) is 3.52. The van der Waals surface area contributed by atoms with Crippen molar-refractivity contribution in [3.05, 3.63) is 23.8 Å². The van der Waals surface area contributed by atoms with Crippen molar-refractivity contribution in [1.29, 1.82) is 0 Å². The summed E-state index contributed by atoms with van der Waals surface area (Å²) in [6, 6.07) is 7.33. The Hall–Kier alpha value is -1.22. The maximum absolute atomic E-state index is 5.64. The maximum atomic E-state index is 5.64. The van der Waals surface area contributed by atoms with E-state index in [1.165, 1.54) is 24.1 Å². The number of piperidine rings is 1. The molecule has 1 saturated heterocycles. The molecule has 1 aromatic carbocycles. The largest absolute Gasteiger partial charge is 0.496 e. The summed E-state index contributed by atoms with van der Waals surface area (Å²) in [5, 5.41) is 3.54. The lowest BCUT2D eigenvalue weighted by Crippen LogP contribution is -2.42. The summed E-state index contributed by atoms with van der Waals surface area (Å²) in [5.41, 5.74) is 2.63. The maximum Gasteiger partial charge on any atom is 0.125 e. The van der Waals surface area contributed by atoms with Gasteiger partial charge in [-0.2, -0.15) is 0 Å². The first-order chi connectivity index (χ1) is 10.1. The van der Waals surface area contributed by atoms with E-state index in [2.05, 4.69) is 56.1 Å². The third-order valence-electron chi connectivity index (χ3n) is 4.63. The number of nitrogens with one attached hydrogen (secondary N) is 1. The molecule has 0 aliphatic carbocycles. The second-order valence-corrected chi connectivity index (χ2v) is 6.36. The van der Waals surface area contributed by atoms with Gasteiger partial charge in [-0.05, 0) is 51.3 Å². The van der Waals surface area contributed by atoms with Crippen LogP contribution in [-0.2, 0) is 0 Å². The smallest absolute Gasteiger partial charge is 0.125 e. The van der Waals surface area contributed by atoms with Crippen molar-refractivity contribution in [2.75, 3.05) is 25.1 Å². The zero-order chi connectivity index (χ0) is 15.4. The molecule has 118 valence electrons. The third-order valence-corrected chi connectivity index (χ3v) is 4.63. The van der Waals surface area contributed by atoms with Crippen molar-refractivity contribution in [1.82, 2.24) is 5.32 Å². The van der Waals surface area contributed by atoms with Crippen LogP contribution < -0.4 is 15.0 Å². The quantitative estimate of drug-likeness (QED) is 0.887. The van der Waals surface area contributed by atoms with Crippen molar-refractivity contribution < 1.29 is 4.74 Å².